The maximum Gasteiger partial charge on any atom is 0.191 e. The molecule has 2 unspecified atom stereocenters. The summed E-state index contributed by atoms with van der Waals surface area (Å²) < 4.78 is 3.24. The number of hydrogen-bond donors (Lipinski definition) is 2. The molecule has 3 aromatic rings. The van der Waals surface area contributed by atoms with Gasteiger partial charge in [0.25, 0.3) is 0 Å². The van der Waals surface area contributed by atoms with E-state index in [1.807, 2.05) is 42.5 Å². The van der Waals surface area contributed by atoms with Gasteiger partial charge in [-0.05, 0) is 39.9 Å². The van der Waals surface area contributed by atoms with Crippen LogP contribution in [0, 0.1) is 10.4 Å². The van der Waals surface area contributed by atoms with Crippen molar-refractivity contribution < 1.29 is 18.3 Å². The Morgan fingerprint density at radius 2 is 1.23 bits per heavy atom. The zero-order chi connectivity index (χ0) is 18.4. The number of quaternary nitrogens is 2. The van der Waals surface area contributed by atoms with Crippen molar-refractivity contribution in [3.8, 4) is 22.6 Å². The van der Waals surface area contributed by atoms with E-state index in [-0.39, 0.29) is 3.44 Å². The molecule has 0 bridgehead atoms. The predicted molar refractivity (Wildman–Crippen MR) is 109 cm³/mol. The van der Waals surface area contributed by atoms with Gasteiger partial charge in [0.05, 0.1) is 0 Å². The minimum Gasteiger partial charge on any atom is -0.585 e. The summed E-state index contributed by atoms with van der Waals surface area (Å²) in [5.74, 6) is 0.856. The van der Waals surface area contributed by atoms with E-state index in [9.17, 15) is 10.4 Å². The predicted octanol–water partition coefficient (Wildman–Crippen LogP) is 2.36. The third-order valence-electron chi connectivity index (χ3n) is 3.57. The molecule has 0 heterocycles. The van der Waals surface area contributed by atoms with Crippen LogP contribution in [0.2, 0.25) is 0 Å². The van der Waals surface area contributed by atoms with E-state index in [2.05, 4.69) is 4.51 Å². The first kappa shape index (κ1) is 18.5. The van der Waals surface area contributed by atoms with Crippen LogP contribution in [0.4, 0.5) is 5.69 Å². The highest BCUT2D eigenvalue weighted by Crippen LogP contribution is 2.21. The molecule has 6 nitrogen and oxygen atoms in total. The lowest BCUT2D eigenvalue weighted by atomic mass is 10.1. The fourth-order valence-electron chi connectivity index (χ4n) is 2.29. The van der Waals surface area contributed by atoms with Crippen LogP contribution in [-0.4, -0.2) is 4.51 Å². The van der Waals surface area contributed by atoms with Gasteiger partial charge in [0, 0.05) is 12.1 Å². The van der Waals surface area contributed by atoms with Crippen LogP contribution in [0.15, 0.2) is 78.9 Å². The monoisotopic (exact) mass is 464 g/mol. The molecule has 3 rings (SSSR count). The highest BCUT2D eigenvalue weighted by Gasteiger charge is 2.08. The molecule has 3 aromatic carbocycles. The molecular formula is C19H17IN2O4. The SMILES string of the molecule is C=I[NH+]([O-])Oc1ccc([NH+]([O-])Oc2ccc(-c3ccccc3)cc2)cc1. The summed E-state index contributed by atoms with van der Waals surface area (Å²) >= 11 is -0.859. The lowest BCUT2D eigenvalue weighted by molar-refractivity contribution is -0.963. The van der Waals surface area contributed by atoms with Gasteiger partial charge in [-0.1, -0.05) is 42.5 Å². The second-order valence-corrected chi connectivity index (χ2v) is 6.92. The maximum atomic E-state index is 12.2. The van der Waals surface area contributed by atoms with Crippen molar-refractivity contribution in [3.05, 3.63) is 89.3 Å². The number of hydrogen-bond acceptors (Lipinski definition) is 4. The fourth-order valence-corrected chi connectivity index (χ4v) is 2.70. The topological polar surface area (TPSA) is 73.5 Å². The van der Waals surface area contributed by atoms with Gasteiger partial charge in [0.2, 0.25) is 0 Å². The van der Waals surface area contributed by atoms with Crippen molar-refractivity contribution in [1.82, 2.24) is 0 Å². The minimum atomic E-state index is -0.859. The van der Waals surface area contributed by atoms with Crippen LogP contribution in [0.5, 0.6) is 11.5 Å². The van der Waals surface area contributed by atoms with Crippen LogP contribution in [-0.2, 0) is 0 Å². The third kappa shape index (κ3) is 4.87. The molecule has 0 saturated heterocycles. The van der Waals surface area contributed by atoms with E-state index in [1.54, 1.807) is 36.4 Å². The molecule has 2 N–H and O–H groups in total. The first-order chi connectivity index (χ1) is 12.7. The second-order valence-electron chi connectivity index (χ2n) is 5.28. The molecule has 0 aromatic heterocycles. The van der Waals surface area contributed by atoms with E-state index >= 15 is 0 Å². The second kappa shape index (κ2) is 8.88. The fraction of sp³-hybridized carbons (Fsp3) is 0. The average molecular weight is 464 g/mol. The van der Waals surface area contributed by atoms with Gasteiger partial charge in [-0.15, -0.1) is 8.67 Å². The molecule has 2 atom stereocenters. The Labute approximate surface area is 161 Å². The van der Waals surface area contributed by atoms with Gasteiger partial charge >= 0.3 is 0 Å². The highest BCUT2D eigenvalue weighted by atomic mass is 127. The standard InChI is InChI=1S/C19H17IN2O4/c1-20-22(24)26-19-13-9-17(10-14-19)21(23)25-18-11-7-16(8-12-18)15-5-3-2-4-6-15/h2-14,21-22H,1H2. The molecule has 0 fully saturated rings. The lowest BCUT2D eigenvalue weighted by Crippen LogP contribution is -3.04. The molecule has 0 amide bonds. The molecule has 0 spiro atoms. The summed E-state index contributed by atoms with van der Waals surface area (Å²) in [6.07, 6.45) is 0. The van der Waals surface area contributed by atoms with Crippen LogP contribution in [0.1, 0.15) is 0 Å². The molecule has 0 saturated carbocycles. The van der Waals surface area contributed by atoms with Crippen molar-refractivity contribution in [3.63, 3.8) is 0 Å². The molecule has 0 aliphatic heterocycles. The summed E-state index contributed by atoms with van der Waals surface area (Å²) in [5, 5.41) is 23.0. The molecule has 134 valence electrons. The number of rotatable bonds is 7. The molecular weight excluding hydrogens is 447 g/mol. The van der Waals surface area contributed by atoms with E-state index in [1.165, 1.54) is 0 Å². The van der Waals surface area contributed by atoms with Crippen molar-refractivity contribution in [1.29, 1.82) is 0 Å². The van der Waals surface area contributed by atoms with Gasteiger partial charge in [-0.3, -0.25) is 0 Å². The summed E-state index contributed by atoms with van der Waals surface area (Å²) in [6, 6.07) is 23.5. The first-order valence-electron chi connectivity index (χ1n) is 7.73. The largest absolute Gasteiger partial charge is 0.585 e. The highest BCUT2D eigenvalue weighted by molar-refractivity contribution is 14.1. The van der Waals surface area contributed by atoms with Gasteiger partial charge in [0.1, 0.15) is 0 Å². The van der Waals surface area contributed by atoms with Gasteiger partial charge in [0.15, 0.2) is 38.2 Å². The van der Waals surface area contributed by atoms with Crippen LogP contribution >= 0.6 is 21.0 Å². The summed E-state index contributed by atoms with van der Waals surface area (Å²) in [5.41, 5.74) is 2.52. The van der Waals surface area contributed by atoms with Crippen molar-refractivity contribution in [2.24, 2.45) is 0 Å². The van der Waals surface area contributed by atoms with Gasteiger partial charge in [-0.25, -0.2) is 0 Å². The Hall–Kier alpha value is -2.30. The van der Waals surface area contributed by atoms with Crippen LogP contribution in [0.3, 0.4) is 0 Å². The normalized spacial score (nSPS) is 13.0. The smallest absolute Gasteiger partial charge is 0.191 e. The minimum absolute atomic E-state index is 0.322. The molecule has 26 heavy (non-hydrogen) atoms. The van der Waals surface area contributed by atoms with Crippen LogP contribution < -0.4 is 18.3 Å². The summed E-state index contributed by atoms with van der Waals surface area (Å²) in [4.78, 5) is 10.4. The quantitative estimate of drug-likeness (QED) is 0.320. The van der Waals surface area contributed by atoms with Crippen molar-refractivity contribution in [2.45, 2.75) is 0 Å². The van der Waals surface area contributed by atoms with E-state index in [4.69, 9.17) is 9.68 Å². The summed E-state index contributed by atoms with van der Waals surface area (Å²) in [7, 11) is 0. The third-order valence-corrected chi connectivity index (χ3v) is 4.41. The average Bonchev–Trinajstić information content (AvgIpc) is 2.69. The zero-order valence-electron chi connectivity index (χ0n) is 13.7. The van der Waals surface area contributed by atoms with Gasteiger partial charge < -0.3 is 20.1 Å². The Bertz CT molecular complexity index is 842. The molecule has 0 aliphatic carbocycles. The van der Waals surface area contributed by atoms with E-state index in [0.717, 1.165) is 11.1 Å². The maximum absolute atomic E-state index is 12.2. The van der Waals surface area contributed by atoms with E-state index < -0.39 is 26.2 Å². The van der Waals surface area contributed by atoms with Crippen molar-refractivity contribution in [2.75, 3.05) is 0 Å². The molecule has 0 radical (unpaired) electrons. The first-order valence-corrected chi connectivity index (χ1v) is 10.3. The Morgan fingerprint density at radius 1 is 0.692 bits per heavy atom. The number of nitrogens with one attached hydrogen (secondary N) is 2. The summed E-state index contributed by atoms with van der Waals surface area (Å²) in [6.45, 7) is 0. The number of halogens is 1. The molecule has 0 aliphatic rings. The Balaban J connectivity index is 1.64. The van der Waals surface area contributed by atoms with Gasteiger partial charge in [-0.2, -0.15) is 0 Å². The Kier molecular flexibility index (Phi) is 6.31. The van der Waals surface area contributed by atoms with Crippen molar-refractivity contribution >= 4 is 31.2 Å². The molecule has 7 heteroatoms. The number of benzene rings is 3. The lowest BCUT2D eigenvalue weighted by Gasteiger charge is -2.20. The van der Waals surface area contributed by atoms with E-state index in [0.29, 0.717) is 17.2 Å². The van der Waals surface area contributed by atoms with Crippen LogP contribution in [0.25, 0.3) is 11.1 Å². The Morgan fingerprint density at radius 3 is 1.85 bits per heavy atom. The zero-order valence-corrected chi connectivity index (χ0v) is 15.9.